The van der Waals surface area contributed by atoms with Crippen molar-refractivity contribution in [2.24, 2.45) is 0 Å². The van der Waals surface area contributed by atoms with Gasteiger partial charge in [0, 0.05) is 69.1 Å². The Balaban J connectivity index is 1.10. The number of rotatable bonds is 9. The van der Waals surface area contributed by atoms with Crippen molar-refractivity contribution >= 4 is 45.1 Å². The molecule has 7 rings (SSSR count). The third-order valence-corrected chi connectivity index (χ3v) is 8.79. The summed E-state index contributed by atoms with van der Waals surface area (Å²) >= 11 is 0. The molecular weight excluding hydrogens is 583 g/mol. The molecule has 13 heteroatoms. The molecule has 2 aromatic carbocycles. The molecule has 0 atom stereocenters. The van der Waals surface area contributed by atoms with E-state index >= 15 is 4.39 Å². The van der Waals surface area contributed by atoms with Gasteiger partial charge < -0.3 is 40.2 Å². The van der Waals surface area contributed by atoms with E-state index in [1.54, 1.807) is 22.9 Å². The normalized spacial score (nSPS) is 16.7. The van der Waals surface area contributed by atoms with Gasteiger partial charge in [0.25, 0.3) is 5.91 Å². The van der Waals surface area contributed by atoms with E-state index in [4.69, 9.17) is 0 Å². The molecule has 45 heavy (non-hydrogen) atoms. The van der Waals surface area contributed by atoms with E-state index in [2.05, 4.69) is 16.0 Å². The number of halogens is 1. The van der Waals surface area contributed by atoms with Gasteiger partial charge in [-0.05, 0) is 49.9 Å². The summed E-state index contributed by atoms with van der Waals surface area (Å²) in [4.78, 5) is 53.0. The van der Waals surface area contributed by atoms with Crippen LogP contribution in [0.4, 0.5) is 15.8 Å². The highest BCUT2D eigenvalue weighted by Gasteiger charge is 2.29. The van der Waals surface area contributed by atoms with Gasteiger partial charge in [0.05, 0.1) is 27.8 Å². The van der Waals surface area contributed by atoms with E-state index in [0.29, 0.717) is 35.5 Å². The smallest absolute Gasteiger partial charge is 0.341 e. The summed E-state index contributed by atoms with van der Waals surface area (Å²) in [6, 6.07) is 6.03. The zero-order chi connectivity index (χ0) is 31.4. The summed E-state index contributed by atoms with van der Waals surface area (Å²) in [5, 5.41) is 29.4. The number of carboxylic acids is 1. The number of hydrogen-bond donors (Lipinski definition) is 5. The van der Waals surface area contributed by atoms with E-state index in [0.717, 1.165) is 38.8 Å². The number of aromatic hydroxyl groups is 1. The molecule has 3 heterocycles. The maximum absolute atomic E-state index is 15.3. The van der Waals surface area contributed by atoms with Crippen LogP contribution >= 0.6 is 0 Å². The molecule has 5 N–H and O–H groups in total. The molecule has 1 aliphatic heterocycles. The van der Waals surface area contributed by atoms with Crippen LogP contribution in [0, 0.1) is 5.82 Å². The SMILES string of the molecule is O=C(O)c1cn(C2CC2)c2cc(NCCNC(=O)c3cn(C4CC4)c4cc(N5CCNCC5)c(F)cc4c3=O)c(O)cc2c1=O. The van der Waals surface area contributed by atoms with Gasteiger partial charge in [0.15, 0.2) is 0 Å². The average molecular weight is 617 g/mol. The van der Waals surface area contributed by atoms with Crippen LogP contribution in [0.2, 0.25) is 0 Å². The Kier molecular flexibility index (Phi) is 7.19. The Labute approximate surface area is 256 Å². The quantitative estimate of drug-likeness (QED) is 0.141. The van der Waals surface area contributed by atoms with Crippen molar-refractivity contribution in [1.29, 1.82) is 0 Å². The Bertz CT molecular complexity index is 1990. The van der Waals surface area contributed by atoms with Gasteiger partial charge in [-0.15, -0.1) is 0 Å². The van der Waals surface area contributed by atoms with Crippen LogP contribution in [0.5, 0.6) is 5.75 Å². The number of anilines is 2. The predicted octanol–water partition coefficient (Wildman–Crippen LogP) is 2.78. The molecule has 1 amide bonds. The van der Waals surface area contributed by atoms with Crippen molar-refractivity contribution in [1.82, 2.24) is 19.8 Å². The van der Waals surface area contributed by atoms with Crippen molar-refractivity contribution in [2.75, 3.05) is 49.5 Å². The van der Waals surface area contributed by atoms with Crippen LogP contribution in [-0.4, -0.2) is 70.5 Å². The minimum Gasteiger partial charge on any atom is -0.506 e. The van der Waals surface area contributed by atoms with Crippen LogP contribution in [-0.2, 0) is 0 Å². The van der Waals surface area contributed by atoms with Crippen molar-refractivity contribution < 1.29 is 24.2 Å². The highest BCUT2D eigenvalue weighted by Crippen LogP contribution is 2.39. The molecule has 2 aromatic heterocycles. The fourth-order valence-corrected chi connectivity index (χ4v) is 6.13. The lowest BCUT2D eigenvalue weighted by Crippen LogP contribution is -2.44. The number of piperazine rings is 1. The number of carboxylic acid groups (broad SMARTS) is 1. The van der Waals surface area contributed by atoms with Crippen LogP contribution < -0.4 is 31.7 Å². The van der Waals surface area contributed by atoms with Gasteiger partial charge >= 0.3 is 5.97 Å². The predicted molar refractivity (Wildman–Crippen MR) is 167 cm³/mol. The molecular formula is C32H33FN6O6. The maximum atomic E-state index is 15.3. The number of aromatic carboxylic acids is 1. The van der Waals surface area contributed by atoms with Crippen molar-refractivity contribution in [3.05, 3.63) is 74.0 Å². The van der Waals surface area contributed by atoms with E-state index < -0.39 is 28.6 Å². The summed E-state index contributed by atoms with van der Waals surface area (Å²) < 4.78 is 18.9. The van der Waals surface area contributed by atoms with Gasteiger partial charge in [-0.3, -0.25) is 14.4 Å². The van der Waals surface area contributed by atoms with E-state index in [9.17, 15) is 29.4 Å². The molecule has 234 valence electrons. The van der Waals surface area contributed by atoms with Crippen LogP contribution in [0.3, 0.4) is 0 Å². The molecule has 0 spiro atoms. The molecule has 3 fully saturated rings. The zero-order valence-electron chi connectivity index (χ0n) is 24.4. The number of amides is 1. The molecule has 2 aliphatic carbocycles. The number of benzene rings is 2. The largest absolute Gasteiger partial charge is 0.506 e. The number of aromatic nitrogens is 2. The van der Waals surface area contributed by atoms with E-state index in [-0.39, 0.29) is 52.8 Å². The van der Waals surface area contributed by atoms with Crippen molar-refractivity contribution in [3.63, 3.8) is 0 Å². The molecule has 3 aliphatic rings. The number of fused-ring (bicyclic) bond motifs is 2. The number of phenols is 1. The monoisotopic (exact) mass is 616 g/mol. The molecule has 0 bridgehead atoms. The van der Waals surface area contributed by atoms with Gasteiger partial charge in [-0.1, -0.05) is 0 Å². The Morgan fingerprint density at radius 3 is 2.11 bits per heavy atom. The lowest BCUT2D eigenvalue weighted by Gasteiger charge is -2.30. The first-order chi connectivity index (χ1) is 21.7. The third kappa shape index (κ3) is 5.37. The summed E-state index contributed by atoms with van der Waals surface area (Å²) in [5.74, 6) is -2.64. The first-order valence-electron chi connectivity index (χ1n) is 15.2. The number of nitrogens with one attached hydrogen (secondary N) is 3. The first kappa shape index (κ1) is 28.8. The fourth-order valence-electron chi connectivity index (χ4n) is 6.13. The highest BCUT2D eigenvalue weighted by atomic mass is 19.1. The number of nitrogens with zero attached hydrogens (tertiary/aromatic N) is 3. The van der Waals surface area contributed by atoms with Crippen LogP contribution in [0.15, 0.2) is 46.2 Å². The van der Waals surface area contributed by atoms with Crippen molar-refractivity contribution in [3.8, 4) is 5.75 Å². The van der Waals surface area contributed by atoms with Gasteiger partial charge in [-0.2, -0.15) is 0 Å². The fraction of sp³-hybridized carbons (Fsp3) is 0.375. The Morgan fingerprint density at radius 2 is 1.47 bits per heavy atom. The van der Waals surface area contributed by atoms with E-state index in [1.165, 1.54) is 18.3 Å². The molecule has 2 saturated carbocycles. The summed E-state index contributed by atoms with van der Waals surface area (Å²) in [7, 11) is 0. The molecule has 0 radical (unpaired) electrons. The minimum atomic E-state index is -1.32. The van der Waals surface area contributed by atoms with Crippen LogP contribution in [0.1, 0.15) is 58.5 Å². The van der Waals surface area contributed by atoms with Gasteiger partial charge in [0.2, 0.25) is 10.9 Å². The van der Waals surface area contributed by atoms with Crippen molar-refractivity contribution in [2.45, 2.75) is 37.8 Å². The number of carbonyl (C=O) groups excluding carboxylic acids is 1. The highest BCUT2D eigenvalue weighted by molar-refractivity contribution is 5.98. The van der Waals surface area contributed by atoms with E-state index in [1.807, 2.05) is 9.47 Å². The molecule has 0 unspecified atom stereocenters. The third-order valence-electron chi connectivity index (χ3n) is 8.79. The second-order valence-electron chi connectivity index (χ2n) is 12.0. The summed E-state index contributed by atoms with van der Waals surface area (Å²) in [6.07, 6.45) is 6.45. The summed E-state index contributed by atoms with van der Waals surface area (Å²) in [5.41, 5.74) is 0.248. The molecule has 12 nitrogen and oxygen atoms in total. The zero-order valence-corrected chi connectivity index (χ0v) is 24.4. The number of carbonyl (C=O) groups is 2. The standard InChI is InChI=1S/C32H33FN6O6/c33-23-11-19-26(14-27(23)37-9-7-34-8-10-37)38(17-1-2-17)15-21(29(19)41)31(43)36-6-5-35-24-13-25-20(12-28(24)40)30(42)22(32(44)45)16-39(25)18-3-4-18/h11-18,34-35,40H,1-10H2,(H,36,43)(H,44,45). The summed E-state index contributed by atoms with van der Waals surface area (Å²) in [6.45, 7) is 3.09. The maximum Gasteiger partial charge on any atom is 0.341 e. The van der Waals surface area contributed by atoms with Crippen LogP contribution in [0.25, 0.3) is 21.8 Å². The lowest BCUT2D eigenvalue weighted by molar-refractivity contribution is 0.0694. The Morgan fingerprint density at radius 1 is 0.867 bits per heavy atom. The molecule has 1 saturated heterocycles. The lowest BCUT2D eigenvalue weighted by atomic mass is 10.1. The first-order valence-corrected chi connectivity index (χ1v) is 15.2. The van der Waals surface area contributed by atoms with Gasteiger partial charge in [0.1, 0.15) is 22.7 Å². The second kappa shape index (κ2) is 11.2. The number of phenolic OH excluding ortho intramolecular Hbond substituents is 1. The number of pyridine rings is 2. The van der Waals surface area contributed by atoms with Gasteiger partial charge in [-0.25, -0.2) is 9.18 Å². The number of hydrogen-bond acceptors (Lipinski definition) is 8. The molecule has 4 aromatic rings. The Hall–Kier alpha value is -4.91. The minimum absolute atomic E-state index is 0.0695. The topological polar surface area (TPSA) is 158 Å². The average Bonchev–Trinajstić information content (AvgIpc) is 3.95. The second-order valence-corrected chi connectivity index (χ2v) is 12.0.